The van der Waals surface area contributed by atoms with Crippen LogP contribution < -0.4 is 4.72 Å². The SMILES string of the molecule is CCc1ccccc1NS(=O)(=O)c1cn(C(C)C)nc1-c1ccccc1. The highest BCUT2D eigenvalue weighted by Gasteiger charge is 2.25. The molecule has 5 nitrogen and oxygen atoms in total. The molecule has 136 valence electrons. The summed E-state index contributed by atoms with van der Waals surface area (Å²) in [6, 6.07) is 16.9. The second-order valence-corrected chi connectivity index (χ2v) is 8.05. The fraction of sp³-hybridized carbons (Fsp3) is 0.250. The zero-order chi connectivity index (χ0) is 18.7. The van der Waals surface area contributed by atoms with E-state index < -0.39 is 10.0 Å². The number of anilines is 1. The Morgan fingerprint density at radius 3 is 2.35 bits per heavy atom. The van der Waals surface area contributed by atoms with Gasteiger partial charge in [0.15, 0.2) is 0 Å². The Balaban J connectivity index is 2.09. The topological polar surface area (TPSA) is 64.0 Å². The van der Waals surface area contributed by atoms with Crippen LogP contribution in [0.3, 0.4) is 0 Å². The lowest BCUT2D eigenvalue weighted by molar-refractivity contribution is 0.532. The fourth-order valence-corrected chi connectivity index (χ4v) is 4.02. The third-order valence-electron chi connectivity index (χ3n) is 4.21. The number of sulfonamides is 1. The molecule has 0 saturated heterocycles. The number of hydrogen-bond donors (Lipinski definition) is 1. The van der Waals surface area contributed by atoms with Crippen molar-refractivity contribution in [3.8, 4) is 11.3 Å². The predicted molar refractivity (Wildman–Crippen MR) is 105 cm³/mol. The summed E-state index contributed by atoms with van der Waals surface area (Å²) in [6.07, 6.45) is 2.35. The van der Waals surface area contributed by atoms with E-state index >= 15 is 0 Å². The molecular formula is C20H23N3O2S. The summed E-state index contributed by atoms with van der Waals surface area (Å²) in [5.74, 6) is 0. The van der Waals surface area contributed by atoms with Crippen molar-refractivity contribution in [2.24, 2.45) is 0 Å². The van der Waals surface area contributed by atoms with E-state index in [1.165, 1.54) is 0 Å². The summed E-state index contributed by atoms with van der Waals surface area (Å²) in [5, 5.41) is 4.53. The van der Waals surface area contributed by atoms with Crippen LogP contribution in [0.5, 0.6) is 0 Å². The highest BCUT2D eigenvalue weighted by atomic mass is 32.2. The molecule has 0 aliphatic heterocycles. The van der Waals surface area contributed by atoms with Gasteiger partial charge in [0.2, 0.25) is 0 Å². The highest BCUT2D eigenvalue weighted by Crippen LogP contribution is 2.29. The summed E-state index contributed by atoms with van der Waals surface area (Å²) in [4.78, 5) is 0.184. The zero-order valence-corrected chi connectivity index (χ0v) is 16.0. The molecule has 6 heteroatoms. The van der Waals surface area contributed by atoms with Crippen molar-refractivity contribution in [2.75, 3.05) is 4.72 Å². The Bertz CT molecular complexity index is 993. The smallest absolute Gasteiger partial charge is 0.265 e. The number of para-hydroxylation sites is 1. The molecule has 3 rings (SSSR count). The number of aromatic nitrogens is 2. The Hall–Kier alpha value is -2.60. The molecule has 0 spiro atoms. The van der Waals surface area contributed by atoms with Crippen molar-refractivity contribution < 1.29 is 8.42 Å². The average molecular weight is 369 g/mol. The van der Waals surface area contributed by atoms with Crippen molar-refractivity contribution in [3.63, 3.8) is 0 Å². The van der Waals surface area contributed by atoms with E-state index in [0.717, 1.165) is 17.5 Å². The van der Waals surface area contributed by atoms with Crippen LogP contribution in [0.15, 0.2) is 65.7 Å². The molecule has 0 saturated carbocycles. The van der Waals surface area contributed by atoms with E-state index in [1.807, 2.05) is 69.3 Å². The van der Waals surface area contributed by atoms with E-state index in [0.29, 0.717) is 11.4 Å². The molecule has 3 aromatic rings. The fourth-order valence-electron chi connectivity index (χ4n) is 2.76. The largest absolute Gasteiger partial charge is 0.279 e. The van der Waals surface area contributed by atoms with Crippen molar-refractivity contribution in [3.05, 3.63) is 66.4 Å². The molecule has 0 unspecified atom stereocenters. The van der Waals surface area contributed by atoms with Gasteiger partial charge < -0.3 is 0 Å². The van der Waals surface area contributed by atoms with Crippen molar-refractivity contribution >= 4 is 15.7 Å². The van der Waals surface area contributed by atoms with Crippen LogP contribution in [-0.2, 0) is 16.4 Å². The van der Waals surface area contributed by atoms with Gasteiger partial charge in [0.1, 0.15) is 10.6 Å². The number of rotatable bonds is 6. The molecule has 0 aliphatic carbocycles. The van der Waals surface area contributed by atoms with E-state index in [2.05, 4.69) is 9.82 Å². The number of hydrogen-bond acceptors (Lipinski definition) is 3. The van der Waals surface area contributed by atoms with Crippen LogP contribution in [0.4, 0.5) is 5.69 Å². The maximum Gasteiger partial charge on any atom is 0.265 e. The quantitative estimate of drug-likeness (QED) is 0.696. The van der Waals surface area contributed by atoms with Crippen LogP contribution in [0.1, 0.15) is 32.4 Å². The monoisotopic (exact) mass is 369 g/mol. The Labute approximate surface area is 154 Å². The summed E-state index contributed by atoms with van der Waals surface area (Å²) in [6.45, 7) is 5.94. The van der Waals surface area contributed by atoms with E-state index in [4.69, 9.17) is 0 Å². The van der Waals surface area contributed by atoms with Crippen molar-refractivity contribution in [1.82, 2.24) is 9.78 Å². The first-order chi connectivity index (χ1) is 12.4. The van der Waals surface area contributed by atoms with Crippen LogP contribution in [0, 0.1) is 0 Å². The predicted octanol–water partition coefficient (Wildman–Crippen LogP) is 4.49. The summed E-state index contributed by atoms with van der Waals surface area (Å²) in [5.41, 5.74) is 2.79. The van der Waals surface area contributed by atoms with Gasteiger partial charge in [-0.3, -0.25) is 9.40 Å². The maximum absolute atomic E-state index is 13.1. The number of nitrogens with one attached hydrogen (secondary N) is 1. The summed E-state index contributed by atoms with van der Waals surface area (Å²) in [7, 11) is -3.77. The Morgan fingerprint density at radius 2 is 1.69 bits per heavy atom. The first-order valence-corrected chi connectivity index (χ1v) is 10.2. The van der Waals surface area contributed by atoms with Crippen molar-refractivity contribution in [2.45, 2.75) is 38.1 Å². The number of benzene rings is 2. The van der Waals surface area contributed by atoms with Crippen LogP contribution >= 0.6 is 0 Å². The highest BCUT2D eigenvalue weighted by molar-refractivity contribution is 7.92. The van der Waals surface area contributed by atoms with Gasteiger partial charge in [-0.15, -0.1) is 0 Å². The van der Waals surface area contributed by atoms with E-state index in [9.17, 15) is 8.42 Å². The second kappa shape index (κ2) is 7.33. The molecule has 0 radical (unpaired) electrons. The van der Waals surface area contributed by atoms with E-state index in [1.54, 1.807) is 16.9 Å². The van der Waals surface area contributed by atoms with Crippen molar-refractivity contribution in [1.29, 1.82) is 0 Å². The third-order valence-corrected chi connectivity index (χ3v) is 5.57. The minimum Gasteiger partial charge on any atom is -0.279 e. The lowest BCUT2D eigenvalue weighted by Gasteiger charge is -2.11. The van der Waals surface area contributed by atoms with Gasteiger partial charge in [-0.1, -0.05) is 55.5 Å². The molecule has 0 aliphatic rings. The van der Waals surface area contributed by atoms with Gasteiger partial charge in [-0.25, -0.2) is 8.42 Å². The molecule has 1 heterocycles. The number of nitrogens with zero attached hydrogens (tertiary/aromatic N) is 2. The standard InChI is InChI=1S/C20H23N3O2S/c1-4-16-10-8-9-13-18(16)22-26(24,25)19-14-23(15(2)3)21-20(19)17-11-6-5-7-12-17/h5-15,22H,4H2,1-3H3. The van der Waals surface area contributed by atoms with Gasteiger partial charge in [-0.05, 0) is 31.9 Å². The zero-order valence-electron chi connectivity index (χ0n) is 15.2. The van der Waals surface area contributed by atoms with Gasteiger partial charge >= 0.3 is 0 Å². The lowest BCUT2D eigenvalue weighted by atomic mass is 10.1. The molecule has 0 amide bonds. The van der Waals surface area contributed by atoms with E-state index in [-0.39, 0.29) is 10.9 Å². The van der Waals surface area contributed by atoms with Crippen LogP contribution in [-0.4, -0.2) is 18.2 Å². The second-order valence-electron chi connectivity index (χ2n) is 6.40. The minimum absolute atomic E-state index is 0.0596. The molecule has 0 bridgehead atoms. The molecule has 0 atom stereocenters. The Morgan fingerprint density at radius 1 is 1.04 bits per heavy atom. The third kappa shape index (κ3) is 3.65. The molecular weight excluding hydrogens is 346 g/mol. The first-order valence-electron chi connectivity index (χ1n) is 8.67. The van der Waals surface area contributed by atoms with Crippen LogP contribution in [0.25, 0.3) is 11.3 Å². The Kier molecular flexibility index (Phi) is 5.13. The first kappa shape index (κ1) is 18.2. The van der Waals surface area contributed by atoms with Gasteiger partial charge in [0.25, 0.3) is 10.0 Å². The molecule has 2 aromatic carbocycles. The minimum atomic E-state index is -3.77. The summed E-state index contributed by atoms with van der Waals surface area (Å²) >= 11 is 0. The molecule has 26 heavy (non-hydrogen) atoms. The maximum atomic E-state index is 13.1. The molecule has 0 fully saturated rings. The van der Waals surface area contributed by atoms with Crippen LogP contribution in [0.2, 0.25) is 0 Å². The van der Waals surface area contributed by atoms with Gasteiger partial charge in [0.05, 0.1) is 5.69 Å². The normalized spacial score (nSPS) is 11.7. The van der Waals surface area contributed by atoms with Gasteiger partial charge in [-0.2, -0.15) is 5.10 Å². The van der Waals surface area contributed by atoms with Gasteiger partial charge in [0, 0.05) is 17.8 Å². The molecule has 1 aromatic heterocycles. The molecule has 1 N–H and O–H groups in total. The average Bonchev–Trinajstić information content (AvgIpc) is 3.09. The summed E-state index contributed by atoms with van der Waals surface area (Å²) < 4.78 is 30.7. The number of aryl methyl sites for hydroxylation is 1. The lowest BCUT2D eigenvalue weighted by Crippen LogP contribution is -2.14.